The van der Waals surface area contributed by atoms with Crippen LogP contribution in [0.1, 0.15) is 33.8 Å². The molecule has 3 aromatic rings. The second-order valence-corrected chi connectivity index (χ2v) is 6.86. The first kappa shape index (κ1) is 20.8. The van der Waals surface area contributed by atoms with Gasteiger partial charge in [-0.1, -0.05) is 78.9 Å². The lowest BCUT2D eigenvalue weighted by molar-refractivity contribution is -0.147. The molecular weight excluding hydrogens is 382 g/mol. The fourth-order valence-corrected chi connectivity index (χ4v) is 3.61. The highest BCUT2D eigenvalue weighted by Gasteiger charge is 2.50. The van der Waals surface area contributed by atoms with E-state index in [0.717, 1.165) is 0 Å². The number of hydrogen-bond acceptors (Lipinski definition) is 3. The number of carbonyl (C=O) groups excluding carboxylic acids is 1. The lowest BCUT2D eigenvalue weighted by atomic mass is 9.72. The average molecular weight is 403 g/mol. The maximum atomic E-state index is 13.0. The number of aliphatic carboxylic acids is 2. The predicted molar refractivity (Wildman–Crippen MR) is 111 cm³/mol. The zero-order valence-corrected chi connectivity index (χ0v) is 16.1. The molecule has 0 aliphatic rings. The Morgan fingerprint density at radius 1 is 0.767 bits per heavy atom. The van der Waals surface area contributed by atoms with E-state index in [9.17, 15) is 24.6 Å². The van der Waals surface area contributed by atoms with E-state index >= 15 is 0 Å². The molecule has 3 aromatic carbocycles. The molecule has 0 saturated heterocycles. The number of rotatable bonds is 8. The van der Waals surface area contributed by atoms with Crippen LogP contribution in [0, 0.1) is 0 Å². The van der Waals surface area contributed by atoms with E-state index < -0.39 is 35.7 Å². The summed E-state index contributed by atoms with van der Waals surface area (Å²) < 4.78 is 0. The van der Waals surface area contributed by atoms with Crippen LogP contribution in [0.25, 0.3) is 0 Å². The summed E-state index contributed by atoms with van der Waals surface area (Å²) in [6.45, 7) is 0. The van der Waals surface area contributed by atoms with Crippen molar-refractivity contribution in [2.24, 2.45) is 0 Å². The quantitative estimate of drug-likeness (QED) is 0.533. The van der Waals surface area contributed by atoms with Gasteiger partial charge in [-0.15, -0.1) is 0 Å². The minimum absolute atomic E-state index is 0.279. The number of carboxylic acids is 2. The molecule has 30 heavy (non-hydrogen) atoms. The van der Waals surface area contributed by atoms with Crippen molar-refractivity contribution in [3.05, 3.63) is 108 Å². The molecule has 152 valence electrons. The minimum atomic E-state index is -1.99. The third-order valence-corrected chi connectivity index (χ3v) is 5.02. The molecule has 6 nitrogen and oxygen atoms in total. The van der Waals surface area contributed by atoms with Crippen LogP contribution in [0.5, 0.6) is 0 Å². The fraction of sp³-hybridized carbons (Fsp3) is 0.125. The van der Waals surface area contributed by atoms with Crippen molar-refractivity contribution in [3.8, 4) is 0 Å². The summed E-state index contributed by atoms with van der Waals surface area (Å²) in [5, 5.41) is 22.7. The standard InChI is InChI=1S/C24H21NO5/c26-21(27)16-20(17-10-4-1-5-11-17)24(23(29)30,19-14-8-3-9-15-19)25-22(28)18-12-6-2-7-13-18/h1-15,20H,16H2,(H,25,28)(H,26,27)(H,29,30). The largest absolute Gasteiger partial charge is 0.481 e. The molecule has 0 fully saturated rings. The van der Waals surface area contributed by atoms with Crippen LogP contribution in [0.15, 0.2) is 91.0 Å². The molecule has 0 bridgehead atoms. The average Bonchev–Trinajstić information content (AvgIpc) is 2.77. The van der Waals surface area contributed by atoms with Gasteiger partial charge in [0.2, 0.25) is 0 Å². The SMILES string of the molecule is O=C(O)CC(c1ccccc1)C(NC(=O)c1ccccc1)(C(=O)O)c1ccccc1. The second-order valence-electron chi connectivity index (χ2n) is 6.86. The Labute approximate surface area is 173 Å². The van der Waals surface area contributed by atoms with Crippen LogP contribution in [-0.4, -0.2) is 28.1 Å². The van der Waals surface area contributed by atoms with Crippen LogP contribution in [0.4, 0.5) is 0 Å². The van der Waals surface area contributed by atoms with Crippen LogP contribution >= 0.6 is 0 Å². The monoisotopic (exact) mass is 403 g/mol. The highest BCUT2D eigenvalue weighted by molar-refractivity contribution is 5.99. The molecule has 0 saturated carbocycles. The van der Waals surface area contributed by atoms with Crippen molar-refractivity contribution in [2.45, 2.75) is 17.9 Å². The Hall–Kier alpha value is -3.93. The van der Waals surface area contributed by atoms with Crippen LogP contribution < -0.4 is 5.32 Å². The van der Waals surface area contributed by atoms with Gasteiger partial charge in [0.15, 0.2) is 5.54 Å². The number of benzene rings is 3. The second kappa shape index (κ2) is 9.05. The Morgan fingerprint density at radius 2 is 1.27 bits per heavy atom. The van der Waals surface area contributed by atoms with Gasteiger partial charge in [0, 0.05) is 11.5 Å². The van der Waals surface area contributed by atoms with Gasteiger partial charge < -0.3 is 15.5 Å². The zero-order chi connectivity index (χ0) is 21.6. The maximum Gasteiger partial charge on any atom is 0.334 e. The van der Waals surface area contributed by atoms with Crippen LogP contribution in [-0.2, 0) is 15.1 Å². The molecule has 3 N–H and O–H groups in total. The van der Waals surface area contributed by atoms with E-state index in [4.69, 9.17) is 0 Å². The molecule has 1 amide bonds. The lowest BCUT2D eigenvalue weighted by Gasteiger charge is -2.38. The first-order valence-electron chi connectivity index (χ1n) is 9.38. The molecule has 0 radical (unpaired) electrons. The molecule has 2 atom stereocenters. The van der Waals surface area contributed by atoms with E-state index in [1.165, 1.54) is 0 Å². The number of hydrogen-bond donors (Lipinski definition) is 3. The molecule has 0 spiro atoms. The fourth-order valence-electron chi connectivity index (χ4n) is 3.61. The van der Waals surface area contributed by atoms with Crippen molar-refractivity contribution in [2.75, 3.05) is 0 Å². The summed E-state index contributed by atoms with van der Waals surface area (Å²) in [4.78, 5) is 37.5. The Bertz CT molecular complexity index is 1020. The van der Waals surface area contributed by atoms with Gasteiger partial charge in [-0.3, -0.25) is 9.59 Å². The van der Waals surface area contributed by atoms with Gasteiger partial charge in [0.1, 0.15) is 0 Å². The molecule has 3 rings (SSSR count). The Kier molecular flexibility index (Phi) is 6.27. The van der Waals surface area contributed by atoms with Gasteiger partial charge in [0.05, 0.1) is 6.42 Å². The zero-order valence-electron chi connectivity index (χ0n) is 16.1. The normalized spacial score (nSPS) is 13.6. The van der Waals surface area contributed by atoms with E-state index in [2.05, 4.69) is 5.32 Å². The van der Waals surface area contributed by atoms with E-state index in [-0.39, 0.29) is 11.1 Å². The molecule has 6 heteroatoms. The highest BCUT2D eigenvalue weighted by Crippen LogP contribution is 2.40. The van der Waals surface area contributed by atoms with Gasteiger partial charge >= 0.3 is 11.9 Å². The summed E-state index contributed by atoms with van der Waals surface area (Å²) >= 11 is 0. The molecule has 0 heterocycles. The predicted octanol–water partition coefficient (Wildman–Crippen LogP) is 3.66. The molecular formula is C24H21NO5. The highest BCUT2D eigenvalue weighted by atomic mass is 16.4. The van der Waals surface area contributed by atoms with Crippen molar-refractivity contribution in [1.82, 2.24) is 5.32 Å². The van der Waals surface area contributed by atoms with Gasteiger partial charge in [-0.2, -0.15) is 0 Å². The van der Waals surface area contributed by atoms with Crippen LogP contribution in [0.2, 0.25) is 0 Å². The third-order valence-electron chi connectivity index (χ3n) is 5.02. The third kappa shape index (κ3) is 4.22. The molecule has 0 aromatic heterocycles. The van der Waals surface area contributed by atoms with Gasteiger partial charge in [-0.25, -0.2) is 4.79 Å². The van der Waals surface area contributed by atoms with E-state index in [1.54, 1.807) is 91.0 Å². The lowest BCUT2D eigenvalue weighted by Crippen LogP contribution is -2.56. The summed E-state index contributed by atoms with van der Waals surface area (Å²) in [5.41, 5.74) is -0.925. The van der Waals surface area contributed by atoms with Gasteiger partial charge in [0.25, 0.3) is 5.91 Å². The number of amides is 1. The van der Waals surface area contributed by atoms with Crippen molar-refractivity contribution in [1.29, 1.82) is 0 Å². The first-order chi connectivity index (χ1) is 14.4. The summed E-state index contributed by atoms with van der Waals surface area (Å²) in [7, 11) is 0. The summed E-state index contributed by atoms with van der Waals surface area (Å²) in [6.07, 6.45) is -0.486. The van der Waals surface area contributed by atoms with E-state index in [0.29, 0.717) is 5.56 Å². The van der Waals surface area contributed by atoms with Crippen molar-refractivity contribution >= 4 is 17.8 Å². The smallest absolute Gasteiger partial charge is 0.334 e. The molecule has 2 unspecified atom stereocenters. The number of carboxylic acid groups (broad SMARTS) is 2. The number of carbonyl (C=O) groups is 3. The van der Waals surface area contributed by atoms with Gasteiger partial charge in [-0.05, 0) is 23.3 Å². The first-order valence-corrected chi connectivity index (χ1v) is 9.38. The number of nitrogens with one attached hydrogen (secondary N) is 1. The maximum absolute atomic E-state index is 13.0. The minimum Gasteiger partial charge on any atom is -0.481 e. The topological polar surface area (TPSA) is 104 Å². The van der Waals surface area contributed by atoms with E-state index in [1.807, 2.05) is 0 Å². The molecule has 0 aliphatic heterocycles. The van der Waals surface area contributed by atoms with Crippen LogP contribution in [0.3, 0.4) is 0 Å². The summed E-state index contributed by atoms with van der Waals surface area (Å²) in [6, 6.07) is 25.0. The molecule has 0 aliphatic carbocycles. The Morgan fingerprint density at radius 3 is 1.77 bits per heavy atom. The summed E-state index contributed by atoms with van der Waals surface area (Å²) in [5.74, 6) is -4.16. The Balaban J connectivity index is 2.22. The van der Waals surface area contributed by atoms with Crippen molar-refractivity contribution in [3.63, 3.8) is 0 Å². The van der Waals surface area contributed by atoms with Crippen molar-refractivity contribution < 1.29 is 24.6 Å².